The number of carbonyl (C=O) groups excluding carboxylic acids is 11. The highest BCUT2D eigenvalue weighted by Crippen LogP contribution is 2.33. The van der Waals surface area contributed by atoms with Crippen molar-refractivity contribution in [3.8, 4) is 0 Å². The summed E-state index contributed by atoms with van der Waals surface area (Å²) in [5.41, 5.74) is 4.88. The van der Waals surface area contributed by atoms with Crippen molar-refractivity contribution in [1.82, 2.24) is 40.3 Å². The number of carboxylic acids is 1. The number of nitrogens with zero attached hydrogens (tertiary/aromatic N) is 7. The maximum absolute atomic E-state index is 13.6. The summed E-state index contributed by atoms with van der Waals surface area (Å²) in [4.78, 5) is 150. The number of hydrogen-bond acceptors (Lipinski definition) is 16. The molecule has 9 amide bonds. The van der Waals surface area contributed by atoms with E-state index in [0.717, 1.165) is 22.0 Å². The molecule has 4 N–H and O–H groups in total. The highest BCUT2D eigenvalue weighted by atomic mass is 16.6. The molecule has 1 aromatic carbocycles. The second kappa shape index (κ2) is 22.3. The van der Waals surface area contributed by atoms with E-state index in [0.29, 0.717) is 58.2 Å². The third kappa shape index (κ3) is 12.2. The number of hydrazine groups is 3. The van der Waals surface area contributed by atoms with Gasteiger partial charge in [-0.25, -0.2) is 34.2 Å². The van der Waals surface area contributed by atoms with Gasteiger partial charge in [-0.2, -0.15) is 0 Å². The van der Waals surface area contributed by atoms with E-state index in [-0.39, 0.29) is 73.3 Å². The molecule has 398 valence electrons. The van der Waals surface area contributed by atoms with Crippen LogP contribution in [0.5, 0.6) is 0 Å². The van der Waals surface area contributed by atoms with Crippen LogP contribution in [0, 0.1) is 0 Å². The van der Waals surface area contributed by atoms with Gasteiger partial charge in [0.05, 0.1) is 24.3 Å². The monoisotopic (exact) mass is 1020 g/mol. The second-order valence-electron chi connectivity index (χ2n) is 20.4. The number of nitrogens with two attached hydrogens (primary N) is 1. The van der Waals surface area contributed by atoms with Gasteiger partial charge in [-0.1, -0.05) is 12.1 Å². The van der Waals surface area contributed by atoms with Crippen molar-refractivity contribution in [2.75, 3.05) is 26.7 Å². The summed E-state index contributed by atoms with van der Waals surface area (Å²) in [6.07, 6.45) is 2.72. The second-order valence-corrected chi connectivity index (χ2v) is 20.4. The lowest BCUT2D eigenvalue weighted by atomic mass is 10.1. The largest absolute Gasteiger partial charge is 0.480 e. The van der Waals surface area contributed by atoms with Gasteiger partial charge in [0.1, 0.15) is 23.3 Å². The third-order valence-corrected chi connectivity index (χ3v) is 12.9. The van der Waals surface area contributed by atoms with Crippen LogP contribution in [0.4, 0.5) is 4.79 Å². The Labute approximate surface area is 421 Å². The molecule has 1 aromatic rings. The molecule has 6 atom stereocenters. The number of fused-ring (bicyclic) bond motifs is 4. The molecule has 0 bridgehead atoms. The van der Waals surface area contributed by atoms with E-state index in [1.807, 2.05) is 0 Å². The summed E-state index contributed by atoms with van der Waals surface area (Å²) in [5, 5.41) is 18.8. The van der Waals surface area contributed by atoms with Crippen LogP contribution in [0.1, 0.15) is 139 Å². The Kier molecular flexibility index (Phi) is 16.8. The Morgan fingerprint density at radius 1 is 0.589 bits per heavy atom. The highest BCUT2D eigenvalue weighted by Gasteiger charge is 2.52. The predicted octanol–water partition coefficient (Wildman–Crippen LogP) is 1.03. The Hall–Kier alpha value is -7.18. The van der Waals surface area contributed by atoms with Gasteiger partial charge in [-0.05, 0) is 111 Å². The zero-order valence-electron chi connectivity index (χ0n) is 42.2. The molecular formula is C48H65N9O16. The molecule has 6 saturated heterocycles. The lowest BCUT2D eigenvalue weighted by Crippen LogP contribution is -2.63. The normalized spacial score (nSPS) is 25.6. The summed E-state index contributed by atoms with van der Waals surface area (Å²) in [6.45, 7) is 11.5. The van der Waals surface area contributed by atoms with Crippen LogP contribution >= 0.6 is 0 Å². The van der Waals surface area contributed by atoms with E-state index in [2.05, 4.69) is 10.1 Å². The number of hydrogen-bond donors (Lipinski definition) is 3. The van der Waals surface area contributed by atoms with E-state index < -0.39 is 95.1 Å². The average Bonchev–Trinajstić information content (AvgIpc) is 3.40. The molecule has 7 heterocycles. The molecule has 0 aliphatic carbocycles. The van der Waals surface area contributed by atoms with Gasteiger partial charge in [0.2, 0.25) is 17.7 Å². The van der Waals surface area contributed by atoms with Gasteiger partial charge >= 0.3 is 24.0 Å². The number of imide groups is 1. The predicted molar refractivity (Wildman–Crippen MR) is 250 cm³/mol. The van der Waals surface area contributed by atoms with Crippen LogP contribution in [0.15, 0.2) is 24.3 Å². The SMILES string of the molecule is CC(C)(C)OC(=O)[C@@H]1CCCN2C(=O)CC[C@H](N)C(=O)N12.CC(C)(C)OC(=O)[C@@H]1CCCN2C(=O)CC[C@H](N3C(=O)c4ccccc4C3=O)C(=O)N12.COC(=O)N[C@H]1CCC(=O)N2CCC[C@@H](C(=O)O)N2C1=O. The Morgan fingerprint density at radius 2 is 1.00 bits per heavy atom. The first-order valence-electron chi connectivity index (χ1n) is 24.4. The van der Waals surface area contributed by atoms with Crippen LogP contribution in [0.25, 0.3) is 0 Å². The number of ether oxygens (including phenoxy) is 3. The van der Waals surface area contributed by atoms with E-state index >= 15 is 0 Å². The van der Waals surface area contributed by atoms with Crippen molar-refractivity contribution in [3.05, 3.63) is 35.4 Å². The minimum absolute atomic E-state index is 0.0111. The van der Waals surface area contributed by atoms with E-state index in [9.17, 15) is 62.6 Å². The van der Waals surface area contributed by atoms with E-state index in [4.69, 9.17) is 15.2 Å². The molecule has 0 unspecified atom stereocenters. The molecule has 25 heteroatoms. The molecule has 7 aliphatic rings. The molecular weight excluding hydrogens is 959 g/mol. The molecule has 0 saturated carbocycles. The van der Waals surface area contributed by atoms with Crippen molar-refractivity contribution < 1.29 is 76.9 Å². The minimum Gasteiger partial charge on any atom is -0.480 e. The zero-order valence-corrected chi connectivity index (χ0v) is 42.2. The molecule has 73 heavy (non-hydrogen) atoms. The molecule has 25 nitrogen and oxygen atoms in total. The van der Waals surface area contributed by atoms with Crippen molar-refractivity contribution >= 4 is 71.3 Å². The lowest BCUT2D eigenvalue weighted by Gasteiger charge is -2.43. The van der Waals surface area contributed by atoms with Gasteiger partial charge in [-0.15, -0.1) is 0 Å². The average molecular weight is 1020 g/mol. The number of carbonyl (C=O) groups is 12. The number of methoxy groups -OCH3 is 1. The quantitative estimate of drug-likeness (QED) is 0.211. The molecule has 0 spiro atoms. The maximum Gasteiger partial charge on any atom is 0.407 e. The van der Waals surface area contributed by atoms with E-state index in [1.54, 1.807) is 65.8 Å². The Bertz CT molecular complexity index is 2380. The van der Waals surface area contributed by atoms with Crippen LogP contribution < -0.4 is 11.1 Å². The van der Waals surface area contributed by atoms with Crippen LogP contribution in [0.3, 0.4) is 0 Å². The number of rotatable bonds is 5. The van der Waals surface area contributed by atoms with Crippen LogP contribution in [-0.4, -0.2) is 186 Å². The van der Waals surface area contributed by atoms with Gasteiger partial charge < -0.3 is 30.4 Å². The van der Waals surface area contributed by atoms with Crippen molar-refractivity contribution in [1.29, 1.82) is 0 Å². The highest BCUT2D eigenvalue weighted by molar-refractivity contribution is 6.23. The lowest BCUT2D eigenvalue weighted by molar-refractivity contribution is -0.188. The zero-order chi connectivity index (χ0) is 53.9. The van der Waals surface area contributed by atoms with Crippen molar-refractivity contribution in [3.63, 3.8) is 0 Å². The first kappa shape index (κ1) is 55.1. The minimum atomic E-state index is -1.17. The number of aliphatic carboxylic acids is 1. The van der Waals surface area contributed by atoms with Crippen LogP contribution in [-0.2, 0) is 57.4 Å². The van der Waals surface area contributed by atoms with Crippen molar-refractivity contribution in [2.45, 2.75) is 166 Å². The molecule has 7 aliphatic heterocycles. The summed E-state index contributed by atoms with van der Waals surface area (Å²) in [6, 6.07) is 0.664. The first-order valence-corrected chi connectivity index (χ1v) is 24.4. The number of benzene rings is 1. The first-order chi connectivity index (χ1) is 34.3. The molecule has 6 fully saturated rings. The number of esters is 2. The number of amides is 9. The number of alkyl carbamates (subject to hydrolysis) is 1. The molecule has 0 radical (unpaired) electrons. The Morgan fingerprint density at radius 3 is 1.44 bits per heavy atom. The fraction of sp³-hybridized carbons (Fsp3) is 0.625. The van der Waals surface area contributed by atoms with Crippen molar-refractivity contribution in [2.24, 2.45) is 5.73 Å². The standard InChI is InChI=1S/C22H25N3O6.C14H23N3O4.C12H17N3O6/c1-22(2,3)31-21(30)16-9-6-12-23-17(26)11-10-15(20(29)25(16)23)24-18(27)13-7-4-5-8-14(13)19(24)28;1-14(2,3)21-13(20)10-5-4-8-16-11(18)7-6-9(15)12(19)17(10)16;1-21-12(20)13-7-4-5-9(16)14-6-2-3-8(11(18)19)15(14)10(7)17/h4-5,7-8,15-16H,6,9-12H2,1-3H3;9-10H,4-8,15H2,1-3H3;7-8H,2-6H2,1H3,(H,13,20)(H,18,19)/t15-,16-;9-,10-;7-,8-/m000/s1. The fourth-order valence-electron chi connectivity index (χ4n) is 9.57. The summed E-state index contributed by atoms with van der Waals surface area (Å²) in [7, 11) is 1.16. The van der Waals surface area contributed by atoms with Gasteiger partial charge in [0, 0.05) is 38.9 Å². The molecule has 0 aromatic heterocycles. The van der Waals surface area contributed by atoms with Gasteiger partial charge in [-0.3, -0.25) is 58.3 Å². The third-order valence-electron chi connectivity index (χ3n) is 12.9. The van der Waals surface area contributed by atoms with E-state index in [1.165, 1.54) is 20.0 Å². The van der Waals surface area contributed by atoms with Crippen LogP contribution in [0.2, 0.25) is 0 Å². The van der Waals surface area contributed by atoms with Gasteiger partial charge in [0.25, 0.3) is 29.5 Å². The number of carboxylic acid groups (broad SMARTS) is 1. The summed E-state index contributed by atoms with van der Waals surface area (Å²) < 4.78 is 15.3. The fourth-order valence-corrected chi connectivity index (χ4v) is 9.57. The topological polar surface area (TPSA) is 313 Å². The smallest absolute Gasteiger partial charge is 0.407 e. The summed E-state index contributed by atoms with van der Waals surface area (Å²) in [5.74, 6) is -5.78. The van der Waals surface area contributed by atoms with Gasteiger partial charge in [0.15, 0.2) is 18.1 Å². The molecule has 8 rings (SSSR count). The Balaban J connectivity index is 0.000000184. The number of nitrogens with one attached hydrogen (secondary N) is 1. The summed E-state index contributed by atoms with van der Waals surface area (Å²) >= 11 is 0. The maximum atomic E-state index is 13.6.